The van der Waals surface area contributed by atoms with E-state index in [-0.39, 0.29) is 0 Å². The number of aryl methyl sites for hydroxylation is 1. The van der Waals surface area contributed by atoms with Crippen molar-refractivity contribution in [3.63, 3.8) is 0 Å². The lowest BCUT2D eigenvalue weighted by atomic mass is 9.96. The second-order valence-electron chi connectivity index (χ2n) is 7.57. The summed E-state index contributed by atoms with van der Waals surface area (Å²) in [6, 6.07) is 12.7. The highest BCUT2D eigenvalue weighted by Crippen LogP contribution is 2.33. The Labute approximate surface area is 173 Å². The smallest absolute Gasteiger partial charge is 0.142 e. The van der Waals surface area contributed by atoms with Gasteiger partial charge in [-0.2, -0.15) is 0 Å². The Morgan fingerprint density at radius 1 is 0.963 bits per heavy atom. The van der Waals surface area contributed by atoms with Gasteiger partial charge >= 0.3 is 0 Å². The number of ether oxygens (including phenoxy) is 1. The molecule has 27 heavy (non-hydrogen) atoms. The molecule has 0 atom stereocenters. The van der Waals surface area contributed by atoms with Crippen molar-refractivity contribution in [1.82, 2.24) is 5.32 Å². The topological polar surface area (TPSA) is 21.3 Å². The molecular formula is C23H29Cl2NO. The highest BCUT2D eigenvalue weighted by molar-refractivity contribution is 6.35. The van der Waals surface area contributed by atoms with Gasteiger partial charge in [0, 0.05) is 23.2 Å². The molecule has 2 nitrogen and oxygen atoms in total. The predicted molar refractivity (Wildman–Crippen MR) is 115 cm³/mol. The van der Waals surface area contributed by atoms with E-state index in [1.807, 2.05) is 6.07 Å². The molecule has 0 heterocycles. The quantitative estimate of drug-likeness (QED) is 0.553. The van der Waals surface area contributed by atoms with Gasteiger partial charge in [-0.05, 0) is 37.5 Å². The van der Waals surface area contributed by atoms with Gasteiger partial charge < -0.3 is 10.1 Å². The summed E-state index contributed by atoms with van der Waals surface area (Å²) in [5.74, 6) is 0.736. The van der Waals surface area contributed by atoms with Crippen LogP contribution in [-0.4, -0.2) is 6.04 Å². The number of rotatable bonds is 6. The monoisotopic (exact) mass is 405 g/mol. The summed E-state index contributed by atoms with van der Waals surface area (Å²) < 4.78 is 6.10. The maximum absolute atomic E-state index is 6.46. The predicted octanol–water partition coefficient (Wildman–Crippen LogP) is 7.08. The van der Waals surface area contributed by atoms with E-state index in [4.69, 9.17) is 27.9 Å². The first-order chi connectivity index (χ1) is 13.1. The van der Waals surface area contributed by atoms with Gasteiger partial charge in [0.1, 0.15) is 12.4 Å². The molecule has 0 radical (unpaired) electrons. The molecule has 0 spiro atoms. The number of halogens is 2. The molecule has 0 unspecified atom stereocenters. The van der Waals surface area contributed by atoms with Gasteiger partial charge in [-0.25, -0.2) is 0 Å². The van der Waals surface area contributed by atoms with E-state index in [0.717, 1.165) is 23.4 Å². The lowest BCUT2D eigenvalue weighted by molar-refractivity contribution is 0.300. The molecule has 4 heteroatoms. The number of hydrogen-bond donors (Lipinski definition) is 1. The van der Waals surface area contributed by atoms with Crippen LogP contribution in [0.4, 0.5) is 0 Å². The highest BCUT2D eigenvalue weighted by Gasteiger charge is 2.15. The van der Waals surface area contributed by atoms with E-state index in [1.165, 1.54) is 50.5 Å². The third-order valence-corrected chi connectivity index (χ3v) is 5.77. The molecule has 0 amide bonds. The average Bonchev–Trinajstić information content (AvgIpc) is 2.61. The SMILES string of the molecule is Cc1ccc(COc2c(Cl)cc(Cl)cc2CNC2CCCCCCC2)cc1. The fourth-order valence-corrected chi connectivity index (χ4v) is 4.25. The lowest BCUT2D eigenvalue weighted by Gasteiger charge is -2.22. The van der Waals surface area contributed by atoms with E-state index in [9.17, 15) is 0 Å². The van der Waals surface area contributed by atoms with Crippen LogP contribution in [0.5, 0.6) is 5.75 Å². The van der Waals surface area contributed by atoms with E-state index < -0.39 is 0 Å². The summed E-state index contributed by atoms with van der Waals surface area (Å²) in [6.07, 6.45) is 9.20. The minimum absolute atomic E-state index is 0.498. The second-order valence-corrected chi connectivity index (χ2v) is 8.42. The largest absolute Gasteiger partial charge is 0.487 e. The molecule has 0 saturated heterocycles. The van der Waals surface area contributed by atoms with Gasteiger partial charge in [0.2, 0.25) is 0 Å². The van der Waals surface area contributed by atoms with Gasteiger partial charge in [-0.1, -0.05) is 85.1 Å². The Kier molecular flexibility index (Phi) is 7.87. The zero-order valence-corrected chi connectivity index (χ0v) is 17.6. The van der Waals surface area contributed by atoms with Crippen molar-refractivity contribution < 1.29 is 4.74 Å². The number of nitrogens with one attached hydrogen (secondary N) is 1. The summed E-state index contributed by atoms with van der Waals surface area (Å²) in [4.78, 5) is 0. The second kappa shape index (κ2) is 10.4. The molecule has 1 aliphatic carbocycles. The third kappa shape index (κ3) is 6.41. The first-order valence-electron chi connectivity index (χ1n) is 10.0. The molecule has 1 aliphatic rings. The Morgan fingerprint density at radius 3 is 2.33 bits per heavy atom. The van der Waals surface area contributed by atoms with Crippen LogP contribution >= 0.6 is 23.2 Å². The molecule has 2 aromatic carbocycles. The van der Waals surface area contributed by atoms with Crippen molar-refractivity contribution >= 4 is 23.2 Å². The summed E-state index contributed by atoms with van der Waals surface area (Å²) >= 11 is 12.7. The minimum atomic E-state index is 0.498. The minimum Gasteiger partial charge on any atom is -0.487 e. The van der Waals surface area contributed by atoms with Crippen molar-refractivity contribution in [3.05, 3.63) is 63.1 Å². The molecule has 1 saturated carbocycles. The van der Waals surface area contributed by atoms with E-state index in [2.05, 4.69) is 36.5 Å². The van der Waals surface area contributed by atoms with Crippen LogP contribution in [0.3, 0.4) is 0 Å². The van der Waals surface area contributed by atoms with Gasteiger partial charge in [-0.3, -0.25) is 0 Å². The number of hydrogen-bond acceptors (Lipinski definition) is 2. The van der Waals surface area contributed by atoms with Crippen molar-refractivity contribution in [2.45, 2.75) is 71.1 Å². The van der Waals surface area contributed by atoms with Gasteiger partial charge in [0.15, 0.2) is 0 Å². The zero-order chi connectivity index (χ0) is 19.1. The molecule has 2 aromatic rings. The van der Waals surface area contributed by atoms with Crippen molar-refractivity contribution in [3.8, 4) is 5.75 Å². The van der Waals surface area contributed by atoms with Gasteiger partial charge in [0.25, 0.3) is 0 Å². The Morgan fingerprint density at radius 2 is 1.63 bits per heavy atom. The standard InChI is InChI=1S/C23H29Cl2NO/c1-17-9-11-18(12-10-17)16-27-23-19(13-20(24)14-22(23)25)15-26-21-7-5-3-2-4-6-8-21/h9-14,21,26H,2-8,15-16H2,1H3. The van der Waals surface area contributed by atoms with Crippen LogP contribution in [0, 0.1) is 6.92 Å². The van der Waals surface area contributed by atoms with Gasteiger partial charge in [0.05, 0.1) is 5.02 Å². The van der Waals surface area contributed by atoms with Gasteiger partial charge in [-0.15, -0.1) is 0 Å². The van der Waals surface area contributed by atoms with Crippen molar-refractivity contribution in [1.29, 1.82) is 0 Å². The van der Waals surface area contributed by atoms with Crippen LogP contribution in [0.25, 0.3) is 0 Å². The molecule has 1 N–H and O–H groups in total. The summed E-state index contributed by atoms with van der Waals surface area (Å²) in [6.45, 7) is 3.31. The molecule has 0 aliphatic heterocycles. The van der Waals surface area contributed by atoms with Crippen molar-refractivity contribution in [2.24, 2.45) is 0 Å². The summed E-state index contributed by atoms with van der Waals surface area (Å²) in [7, 11) is 0. The maximum atomic E-state index is 6.46. The Bertz CT molecular complexity index is 722. The molecule has 3 rings (SSSR count). The first-order valence-corrected chi connectivity index (χ1v) is 10.8. The van der Waals surface area contributed by atoms with Crippen LogP contribution in [-0.2, 0) is 13.2 Å². The van der Waals surface area contributed by atoms with E-state index >= 15 is 0 Å². The highest BCUT2D eigenvalue weighted by atomic mass is 35.5. The van der Waals surface area contributed by atoms with Crippen LogP contribution in [0.1, 0.15) is 61.6 Å². The van der Waals surface area contributed by atoms with E-state index in [0.29, 0.717) is 22.7 Å². The summed E-state index contributed by atoms with van der Waals surface area (Å²) in [5, 5.41) is 4.93. The normalized spacial score (nSPS) is 16.0. The lowest BCUT2D eigenvalue weighted by Crippen LogP contribution is -2.29. The van der Waals surface area contributed by atoms with Crippen LogP contribution in [0.2, 0.25) is 10.0 Å². The fraction of sp³-hybridized carbons (Fsp3) is 0.478. The fourth-order valence-electron chi connectivity index (χ4n) is 3.66. The Balaban J connectivity index is 1.66. The van der Waals surface area contributed by atoms with Crippen molar-refractivity contribution in [2.75, 3.05) is 0 Å². The molecule has 1 fully saturated rings. The third-order valence-electron chi connectivity index (χ3n) is 5.28. The van der Waals surface area contributed by atoms with E-state index in [1.54, 1.807) is 6.07 Å². The molecule has 146 valence electrons. The molecular weight excluding hydrogens is 377 g/mol. The Hall–Kier alpha value is -1.22. The maximum Gasteiger partial charge on any atom is 0.142 e. The van der Waals surface area contributed by atoms with Crippen LogP contribution < -0.4 is 10.1 Å². The number of benzene rings is 2. The average molecular weight is 406 g/mol. The summed E-state index contributed by atoms with van der Waals surface area (Å²) in [5.41, 5.74) is 3.40. The van der Waals surface area contributed by atoms with Crippen LogP contribution in [0.15, 0.2) is 36.4 Å². The molecule has 0 bridgehead atoms. The first kappa shape index (κ1) is 20.5. The zero-order valence-electron chi connectivity index (χ0n) is 16.1. The molecule has 0 aromatic heterocycles.